The molecular weight excluding hydrogens is 364 g/mol. The van der Waals surface area contributed by atoms with Gasteiger partial charge in [-0.25, -0.2) is 8.42 Å². The standard InChI is InChI=1S/C16H23BrN2O2S/c1-12-4-5-16(14(17)11-12)22(20,21)19-9-6-13(7-10-19)15-3-2-8-18-15/h4-5,11,13,15,18H,2-3,6-10H2,1H3. The van der Waals surface area contributed by atoms with Crippen molar-refractivity contribution >= 4 is 26.0 Å². The van der Waals surface area contributed by atoms with Crippen LogP contribution in [0.25, 0.3) is 0 Å². The van der Waals surface area contributed by atoms with Crippen molar-refractivity contribution in [2.24, 2.45) is 5.92 Å². The average Bonchev–Trinajstić information content (AvgIpc) is 3.01. The van der Waals surface area contributed by atoms with E-state index in [1.165, 1.54) is 12.8 Å². The van der Waals surface area contributed by atoms with Gasteiger partial charge in [0.1, 0.15) is 0 Å². The zero-order valence-corrected chi connectivity index (χ0v) is 15.3. The third kappa shape index (κ3) is 3.25. The van der Waals surface area contributed by atoms with E-state index < -0.39 is 10.0 Å². The first-order valence-corrected chi connectivity index (χ1v) is 10.2. The van der Waals surface area contributed by atoms with E-state index >= 15 is 0 Å². The molecule has 2 aliphatic heterocycles. The first kappa shape index (κ1) is 16.4. The largest absolute Gasteiger partial charge is 0.314 e. The SMILES string of the molecule is Cc1ccc(S(=O)(=O)N2CCC(C3CCCN3)CC2)c(Br)c1. The molecule has 0 aliphatic carbocycles. The van der Waals surface area contributed by atoms with Gasteiger partial charge in [-0.05, 0) is 78.7 Å². The van der Waals surface area contributed by atoms with Crippen LogP contribution >= 0.6 is 15.9 Å². The van der Waals surface area contributed by atoms with Crippen LogP contribution in [0.3, 0.4) is 0 Å². The van der Waals surface area contributed by atoms with Crippen LogP contribution < -0.4 is 5.32 Å². The highest BCUT2D eigenvalue weighted by molar-refractivity contribution is 9.10. The maximum atomic E-state index is 12.8. The van der Waals surface area contributed by atoms with Crippen molar-refractivity contribution in [3.05, 3.63) is 28.2 Å². The summed E-state index contributed by atoms with van der Waals surface area (Å²) >= 11 is 3.40. The van der Waals surface area contributed by atoms with Gasteiger partial charge >= 0.3 is 0 Å². The predicted molar refractivity (Wildman–Crippen MR) is 91.4 cm³/mol. The Balaban J connectivity index is 1.71. The molecule has 2 fully saturated rings. The summed E-state index contributed by atoms with van der Waals surface area (Å²) in [5.41, 5.74) is 1.05. The molecule has 1 unspecified atom stereocenters. The Kier molecular flexibility index (Phi) is 4.92. The minimum absolute atomic E-state index is 0.385. The molecule has 0 aromatic heterocycles. The summed E-state index contributed by atoms with van der Waals surface area (Å²) in [6, 6.07) is 6.02. The molecular formula is C16H23BrN2O2S. The number of piperidine rings is 1. The van der Waals surface area contributed by atoms with Gasteiger partial charge in [-0.15, -0.1) is 0 Å². The number of nitrogens with one attached hydrogen (secondary N) is 1. The number of benzene rings is 1. The molecule has 0 bridgehead atoms. The van der Waals surface area contributed by atoms with Crippen molar-refractivity contribution in [3.63, 3.8) is 0 Å². The fourth-order valence-electron chi connectivity index (χ4n) is 3.59. The van der Waals surface area contributed by atoms with E-state index in [4.69, 9.17) is 0 Å². The first-order valence-electron chi connectivity index (χ1n) is 7.98. The van der Waals surface area contributed by atoms with Crippen LogP contribution in [0, 0.1) is 12.8 Å². The Hall–Kier alpha value is -0.430. The maximum absolute atomic E-state index is 12.8. The van der Waals surface area contributed by atoms with Gasteiger partial charge in [-0.2, -0.15) is 4.31 Å². The Morgan fingerprint density at radius 2 is 1.95 bits per heavy atom. The molecule has 1 N–H and O–H groups in total. The smallest absolute Gasteiger partial charge is 0.244 e. The van der Waals surface area contributed by atoms with Gasteiger partial charge in [0.25, 0.3) is 0 Å². The van der Waals surface area contributed by atoms with E-state index in [1.807, 2.05) is 19.1 Å². The molecule has 0 spiro atoms. The quantitative estimate of drug-likeness (QED) is 0.868. The van der Waals surface area contributed by atoms with Crippen LogP contribution in [0.15, 0.2) is 27.6 Å². The van der Waals surface area contributed by atoms with Crippen molar-refractivity contribution < 1.29 is 8.42 Å². The summed E-state index contributed by atoms with van der Waals surface area (Å²) < 4.78 is 28.0. The second-order valence-corrected chi connectivity index (χ2v) is 9.14. The Morgan fingerprint density at radius 1 is 1.23 bits per heavy atom. The summed E-state index contributed by atoms with van der Waals surface area (Å²) in [6.07, 6.45) is 4.40. The lowest BCUT2D eigenvalue weighted by Crippen LogP contribution is -2.43. The molecule has 0 radical (unpaired) electrons. The van der Waals surface area contributed by atoms with E-state index in [-0.39, 0.29) is 0 Å². The van der Waals surface area contributed by atoms with Crippen LogP contribution in [0.1, 0.15) is 31.2 Å². The molecule has 2 heterocycles. The van der Waals surface area contributed by atoms with Crippen LogP contribution in [0.5, 0.6) is 0 Å². The predicted octanol–water partition coefficient (Wildman–Crippen LogP) is 2.91. The zero-order chi connectivity index (χ0) is 15.7. The van der Waals surface area contributed by atoms with Crippen LogP contribution in [0.4, 0.5) is 0 Å². The molecule has 6 heteroatoms. The molecule has 3 rings (SSSR count). The first-order chi connectivity index (χ1) is 10.5. The lowest BCUT2D eigenvalue weighted by molar-refractivity contribution is 0.234. The number of rotatable bonds is 3. The average molecular weight is 387 g/mol. The molecule has 2 aliphatic rings. The van der Waals surface area contributed by atoms with Gasteiger partial charge in [-0.3, -0.25) is 0 Å². The fourth-order valence-corrected chi connectivity index (χ4v) is 6.21. The normalized spacial score (nSPS) is 24.7. The van der Waals surface area contributed by atoms with Gasteiger partial charge in [0, 0.05) is 23.6 Å². The van der Waals surface area contributed by atoms with E-state index in [1.54, 1.807) is 10.4 Å². The van der Waals surface area contributed by atoms with E-state index in [9.17, 15) is 8.42 Å². The number of aryl methyl sites for hydroxylation is 1. The lowest BCUT2D eigenvalue weighted by atomic mass is 9.89. The van der Waals surface area contributed by atoms with Gasteiger partial charge in [0.2, 0.25) is 10.0 Å². The number of sulfonamides is 1. The van der Waals surface area contributed by atoms with Crippen molar-refractivity contribution in [2.45, 2.75) is 43.5 Å². The van der Waals surface area contributed by atoms with Gasteiger partial charge in [0.15, 0.2) is 0 Å². The number of hydrogen-bond donors (Lipinski definition) is 1. The molecule has 122 valence electrons. The van der Waals surface area contributed by atoms with Crippen LogP contribution in [-0.4, -0.2) is 38.4 Å². The van der Waals surface area contributed by atoms with Crippen LogP contribution in [-0.2, 0) is 10.0 Å². The molecule has 0 saturated carbocycles. The van der Waals surface area contributed by atoms with E-state index in [0.717, 1.165) is 24.9 Å². The minimum atomic E-state index is -3.39. The van der Waals surface area contributed by atoms with E-state index in [2.05, 4.69) is 21.2 Å². The molecule has 4 nitrogen and oxygen atoms in total. The topological polar surface area (TPSA) is 49.4 Å². The maximum Gasteiger partial charge on any atom is 0.244 e. The Labute approximate surface area is 141 Å². The van der Waals surface area contributed by atoms with Gasteiger partial charge in [-0.1, -0.05) is 6.07 Å². The zero-order valence-electron chi connectivity index (χ0n) is 12.9. The second-order valence-electron chi connectivity index (χ2n) is 6.38. The van der Waals surface area contributed by atoms with Crippen molar-refractivity contribution in [2.75, 3.05) is 19.6 Å². The van der Waals surface area contributed by atoms with Crippen molar-refractivity contribution in [3.8, 4) is 0 Å². The summed E-state index contributed by atoms with van der Waals surface area (Å²) in [4.78, 5) is 0.385. The Bertz CT molecular complexity index is 634. The second kappa shape index (κ2) is 6.59. The highest BCUT2D eigenvalue weighted by Gasteiger charge is 2.34. The number of nitrogens with zero attached hydrogens (tertiary/aromatic N) is 1. The molecule has 22 heavy (non-hydrogen) atoms. The highest BCUT2D eigenvalue weighted by atomic mass is 79.9. The van der Waals surface area contributed by atoms with Crippen molar-refractivity contribution in [1.29, 1.82) is 0 Å². The van der Waals surface area contributed by atoms with Crippen molar-refractivity contribution in [1.82, 2.24) is 9.62 Å². The third-order valence-electron chi connectivity index (χ3n) is 4.87. The third-order valence-corrected chi connectivity index (χ3v) is 7.75. The van der Waals surface area contributed by atoms with E-state index in [0.29, 0.717) is 34.4 Å². The molecule has 2 saturated heterocycles. The summed E-state index contributed by atoms with van der Waals surface area (Å²) in [5.74, 6) is 0.621. The summed E-state index contributed by atoms with van der Waals surface area (Å²) in [6.45, 7) is 4.33. The molecule has 1 atom stereocenters. The summed E-state index contributed by atoms with van der Waals surface area (Å²) in [7, 11) is -3.39. The monoisotopic (exact) mass is 386 g/mol. The highest BCUT2D eigenvalue weighted by Crippen LogP contribution is 2.31. The number of hydrogen-bond acceptors (Lipinski definition) is 3. The number of halogens is 1. The molecule has 1 aromatic rings. The molecule has 1 aromatic carbocycles. The van der Waals surface area contributed by atoms with Gasteiger partial charge < -0.3 is 5.32 Å². The van der Waals surface area contributed by atoms with Crippen LogP contribution in [0.2, 0.25) is 0 Å². The molecule has 0 amide bonds. The fraction of sp³-hybridized carbons (Fsp3) is 0.625. The summed E-state index contributed by atoms with van der Waals surface area (Å²) in [5, 5.41) is 3.55. The van der Waals surface area contributed by atoms with Gasteiger partial charge in [0.05, 0.1) is 4.90 Å². The minimum Gasteiger partial charge on any atom is -0.314 e. The Morgan fingerprint density at radius 3 is 2.55 bits per heavy atom. The lowest BCUT2D eigenvalue weighted by Gasteiger charge is -2.34.